The predicted molar refractivity (Wildman–Crippen MR) is 81.1 cm³/mol. The number of hydrogen-bond acceptors (Lipinski definition) is 1. The zero-order valence-corrected chi connectivity index (χ0v) is 12.4. The molecule has 0 spiro atoms. The molecular formula is C18H28O. The lowest BCUT2D eigenvalue weighted by Crippen LogP contribution is -2.43. The van der Waals surface area contributed by atoms with Gasteiger partial charge in [0.15, 0.2) is 0 Å². The molecular weight excluding hydrogens is 232 g/mol. The van der Waals surface area contributed by atoms with E-state index in [9.17, 15) is 5.11 Å². The van der Waals surface area contributed by atoms with Crippen LogP contribution in [0.25, 0.3) is 0 Å². The second-order valence-corrected chi connectivity index (χ2v) is 6.54. The Kier molecular flexibility index (Phi) is 5.04. The van der Waals surface area contributed by atoms with Crippen LogP contribution >= 0.6 is 0 Å². The Bertz CT molecular complexity index is 371. The van der Waals surface area contributed by atoms with E-state index in [1.807, 2.05) is 0 Å². The van der Waals surface area contributed by atoms with E-state index in [0.717, 1.165) is 25.7 Å². The fourth-order valence-corrected chi connectivity index (χ4v) is 3.76. The number of hydrogen-bond donors (Lipinski definition) is 1. The summed E-state index contributed by atoms with van der Waals surface area (Å²) in [6.45, 7) is 4.52. The Morgan fingerprint density at radius 1 is 1.21 bits per heavy atom. The first kappa shape index (κ1) is 14.6. The molecule has 1 nitrogen and oxygen atoms in total. The Morgan fingerprint density at radius 2 is 1.95 bits per heavy atom. The van der Waals surface area contributed by atoms with Crippen LogP contribution in [0.15, 0.2) is 30.3 Å². The van der Waals surface area contributed by atoms with Gasteiger partial charge in [0, 0.05) is 0 Å². The van der Waals surface area contributed by atoms with Crippen LogP contribution in [0.2, 0.25) is 0 Å². The van der Waals surface area contributed by atoms with Gasteiger partial charge in [-0.2, -0.15) is 0 Å². The molecule has 1 fully saturated rings. The van der Waals surface area contributed by atoms with Crippen molar-refractivity contribution in [3.63, 3.8) is 0 Å². The van der Waals surface area contributed by atoms with Gasteiger partial charge in [0.25, 0.3) is 0 Å². The van der Waals surface area contributed by atoms with Gasteiger partial charge in [-0.05, 0) is 49.5 Å². The van der Waals surface area contributed by atoms with Crippen LogP contribution in [-0.2, 0) is 6.42 Å². The smallest absolute Gasteiger partial charge is 0.0678 e. The summed E-state index contributed by atoms with van der Waals surface area (Å²) in [5, 5.41) is 11.0. The van der Waals surface area contributed by atoms with Gasteiger partial charge in [-0.1, -0.05) is 57.0 Å². The quantitative estimate of drug-likeness (QED) is 0.821. The summed E-state index contributed by atoms with van der Waals surface area (Å²) in [6.07, 6.45) is 7.86. The molecule has 106 valence electrons. The van der Waals surface area contributed by atoms with E-state index >= 15 is 0 Å². The van der Waals surface area contributed by atoms with Gasteiger partial charge in [0.2, 0.25) is 0 Å². The highest BCUT2D eigenvalue weighted by Crippen LogP contribution is 2.41. The van der Waals surface area contributed by atoms with Gasteiger partial charge in [0.05, 0.1) is 5.60 Å². The molecule has 2 unspecified atom stereocenters. The second kappa shape index (κ2) is 6.56. The molecule has 0 aromatic heterocycles. The SMILES string of the molecule is CC(C)C1CCCCC1(O)CCCc1ccccc1. The Morgan fingerprint density at radius 3 is 2.63 bits per heavy atom. The average molecular weight is 260 g/mol. The first-order valence-electron chi connectivity index (χ1n) is 7.88. The maximum atomic E-state index is 11.0. The minimum absolute atomic E-state index is 0.402. The summed E-state index contributed by atoms with van der Waals surface area (Å²) in [5.74, 6) is 1.10. The number of aryl methyl sites for hydroxylation is 1. The van der Waals surface area contributed by atoms with Gasteiger partial charge in [0.1, 0.15) is 0 Å². The first-order valence-corrected chi connectivity index (χ1v) is 7.88. The summed E-state index contributed by atoms with van der Waals surface area (Å²) >= 11 is 0. The molecule has 0 amide bonds. The minimum atomic E-state index is -0.402. The molecule has 1 aromatic rings. The van der Waals surface area contributed by atoms with Gasteiger partial charge < -0.3 is 5.11 Å². The highest BCUT2D eigenvalue weighted by atomic mass is 16.3. The summed E-state index contributed by atoms with van der Waals surface area (Å²) < 4.78 is 0. The molecule has 2 rings (SSSR count). The van der Waals surface area contributed by atoms with Crippen molar-refractivity contribution in [2.45, 2.75) is 64.4 Å². The zero-order valence-electron chi connectivity index (χ0n) is 12.4. The van der Waals surface area contributed by atoms with Gasteiger partial charge in [-0.3, -0.25) is 0 Å². The van der Waals surface area contributed by atoms with Crippen LogP contribution in [0, 0.1) is 11.8 Å². The molecule has 19 heavy (non-hydrogen) atoms. The standard InChI is InChI=1S/C18H28O/c1-15(2)17-12-6-7-13-18(17,19)14-8-11-16-9-4-3-5-10-16/h3-5,9-10,15,17,19H,6-8,11-14H2,1-2H3. The molecule has 0 heterocycles. The third-order valence-corrected chi connectivity index (χ3v) is 4.79. The van der Waals surface area contributed by atoms with Crippen LogP contribution in [0.5, 0.6) is 0 Å². The predicted octanol–water partition coefficient (Wildman–Crippen LogP) is 4.59. The minimum Gasteiger partial charge on any atom is -0.390 e. The second-order valence-electron chi connectivity index (χ2n) is 6.54. The lowest BCUT2D eigenvalue weighted by atomic mass is 9.68. The van der Waals surface area contributed by atoms with Crippen molar-refractivity contribution in [2.75, 3.05) is 0 Å². The third-order valence-electron chi connectivity index (χ3n) is 4.79. The number of benzene rings is 1. The Labute approximate surface area is 118 Å². The molecule has 1 heteroatoms. The van der Waals surface area contributed by atoms with Crippen LogP contribution in [-0.4, -0.2) is 10.7 Å². The zero-order chi connectivity index (χ0) is 13.7. The highest BCUT2D eigenvalue weighted by molar-refractivity contribution is 5.14. The third kappa shape index (κ3) is 3.82. The molecule has 0 bridgehead atoms. The molecule has 0 saturated heterocycles. The van der Waals surface area contributed by atoms with Crippen molar-refractivity contribution >= 4 is 0 Å². The van der Waals surface area contributed by atoms with Crippen molar-refractivity contribution in [1.82, 2.24) is 0 Å². The summed E-state index contributed by atoms with van der Waals surface area (Å²) in [7, 11) is 0. The van der Waals surface area contributed by atoms with E-state index in [1.165, 1.54) is 24.8 Å². The topological polar surface area (TPSA) is 20.2 Å². The van der Waals surface area contributed by atoms with E-state index < -0.39 is 5.60 Å². The van der Waals surface area contributed by atoms with E-state index in [-0.39, 0.29) is 0 Å². The van der Waals surface area contributed by atoms with Crippen LogP contribution in [0.3, 0.4) is 0 Å². The molecule has 1 aromatic carbocycles. The molecule has 1 aliphatic rings. The fourth-order valence-electron chi connectivity index (χ4n) is 3.76. The maximum Gasteiger partial charge on any atom is 0.0678 e. The van der Waals surface area contributed by atoms with E-state index in [2.05, 4.69) is 44.2 Å². The van der Waals surface area contributed by atoms with Crippen molar-refractivity contribution in [3.05, 3.63) is 35.9 Å². The lowest BCUT2D eigenvalue weighted by molar-refractivity contribution is -0.0730. The maximum absolute atomic E-state index is 11.0. The van der Waals surface area contributed by atoms with Crippen LogP contribution in [0.1, 0.15) is 57.9 Å². The van der Waals surface area contributed by atoms with Crippen LogP contribution in [0.4, 0.5) is 0 Å². The van der Waals surface area contributed by atoms with Crippen molar-refractivity contribution < 1.29 is 5.11 Å². The van der Waals surface area contributed by atoms with E-state index in [4.69, 9.17) is 0 Å². The molecule has 1 N–H and O–H groups in total. The monoisotopic (exact) mass is 260 g/mol. The summed E-state index contributed by atoms with van der Waals surface area (Å²) in [5.41, 5.74) is 0.990. The first-order chi connectivity index (χ1) is 9.12. The van der Waals surface area contributed by atoms with E-state index in [0.29, 0.717) is 11.8 Å². The summed E-state index contributed by atoms with van der Waals surface area (Å²) in [6, 6.07) is 10.6. The summed E-state index contributed by atoms with van der Waals surface area (Å²) in [4.78, 5) is 0. The largest absolute Gasteiger partial charge is 0.390 e. The van der Waals surface area contributed by atoms with Crippen molar-refractivity contribution in [3.8, 4) is 0 Å². The van der Waals surface area contributed by atoms with E-state index in [1.54, 1.807) is 0 Å². The van der Waals surface area contributed by atoms with Gasteiger partial charge >= 0.3 is 0 Å². The van der Waals surface area contributed by atoms with Crippen molar-refractivity contribution in [2.24, 2.45) is 11.8 Å². The Hall–Kier alpha value is -0.820. The molecule has 1 saturated carbocycles. The number of aliphatic hydroxyl groups is 1. The molecule has 0 radical (unpaired) electrons. The lowest BCUT2D eigenvalue weighted by Gasteiger charge is -2.42. The normalized spacial score (nSPS) is 27.7. The van der Waals surface area contributed by atoms with Crippen LogP contribution < -0.4 is 0 Å². The average Bonchev–Trinajstić information content (AvgIpc) is 2.40. The van der Waals surface area contributed by atoms with Crippen molar-refractivity contribution in [1.29, 1.82) is 0 Å². The molecule has 0 aliphatic heterocycles. The molecule has 2 atom stereocenters. The fraction of sp³-hybridized carbons (Fsp3) is 0.667. The number of rotatable bonds is 5. The Balaban J connectivity index is 1.89. The van der Waals surface area contributed by atoms with Gasteiger partial charge in [-0.15, -0.1) is 0 Å². The highest BCUT2D eigenvalue weighted by Gasteiger charge is 2.39. The molecule has 1 aliphatic carbocycles. The van der Waals surface area contributed by atoms with Gasteiger partial charge in [-0.25, -0.2) is 0 Å².